The minimum atomic E-state index is -0.548. The third-order valence-corrected chi connectivity index (χ3v) is 4.46. The van der Waals surface area contributed by atoms with Crippen LogP contribution in [0.1, 0.15) is 48.8 Å². The van der Waals surface area contributed by atoms with Gasteiger partial charge >= 0.3 is 0 Å². The molecule has 0 saturated heterocycles. The SMILES string of the molecule is COC1=C(c2[c-]c(C)[c-]cc2C)C(=O)OC12CCCCC2.[W].[Y]. The zero-order valence-electron chi connectivity index (χ0n) is 13.8. The number of rotatable bonds is 2. The first-order valence-electron chi connectivity index (χ1n) is 7.51. The summed E-state index contributed by atoms with van der Waals surface area (Å²) < 4.78 is 11.4. The monoisotopic (exact) mass is 557 g/mol. The smallest absolute Gasteiger partial charge is 0.257 e. The van der Waals surface area contributed by atoms with Gasteiger partial charge in [-0.25, -0.2) is 17.2 Å². The fraction of sp³-hybridized carbons (Fsp3) is 0.500. The van der Waals surface area contributed by atoms with Crippen LogP contribution < -0.4 is 0 Å². The molecule has 2 aliphatic rings. The Labute approximate surface area is 177 Å². The standard InChI is InChI=1S/C18H20O3.W.Y/c1-12-7-8-13(2)14(11-12)15-16(20-3)18(21-17(15)19)9-5-4-6-10-18;;/h8H,4-6,9-10H2,1-3H3;;/q-2;;. The van der Waals surface area contributed by atoms with Crippen molar-refractivity contribution in [1.29, 1.82) is 0 Å². The number of ether oxygens (including phenoxy) is 2. The zero-order chi connectivity index (χ0) is 15.0. The first-order valence-corrected chi connectivity index (χ1v) is 7.51. The number of aryl methyl sites for hydroxylation is 2. The first-order chi connectivity index (χ1) is 10.1. The van der Waals surface area contributed by atoms with Gasteiger partial charge in [0, 0.05) is 53.8 Å². The van der Waals surface area contributed by atoms with Gasteiger partial charge in [0.25, 0.3) is 5.97 Å². The van der Waals surface area contributed by atoms with Crippen LogP contribution in [0, 0.1) is 26.0 Å². The Kier molecular flexibility index (Phi) is 7.70. The number of hydrogen-bond donors (Lipinski definition) is 0. The molecule has 1 aromatic rings. The van der Waals surface area contributed by atoms with Crippen molar-refractivity contribution in [2.24, 2.45) is 0 Å². The number of carbonyl (C=O) groups is 1. The van der Waals surface area contributed by atoms with Crippen LogP contribution in [-0.4, -0.2) is 18.7 Å². The van der Waals surface area contributed by atoms with Crippen LogP contribution in [0.25, 0.3) is 5.57 Å². The van der Waals surface area contributed by atoms with E-state index in [1.807, 2.05) is 19.9 Å². The summed E-state index contributed by atoms with van der Waals surface area (Å²) in [6, 6.07) is 8.24. The molecule has 0 atom stereocenters. The van der Waals surface area contributed by atoms with Crippen molar-refractivity contribution in [3.63, 3.8) is 0 Å². The normalized spacial score (nSPS) is 19.0. The molecule has 3 rings (SSSR count). The number of carbonyl (C=O) groups excluding carboxylic acids is 1. The summed E-state index contributed by atoms with van der Waals surface area (Å²) in [7, 11) is 1.63. The summed E-state index contributed by atoms with van der Waals surface area (Å²) in [5.74, 6) is 0.413. The maximum Gasteiger partial charge on any atom is 0.257 e. The molecule has 1 spiro atoms. The second kappa shape index (κ2) is 8.41. The fourth-order valence-corrected chi connectivity index (χ4v) is 3.42. The molecular formula is C18H20O3WY-2. The second-order valence-electron chi connectivity index (χ2n) is 5.95. The van der Waals surface area contributed by atoms with Crippen LogP contribution in [0.4, 0.5) is 0 Å². The summed E-state index contributed by atoms with van der Waals surface area (Å²) in [4.78, 5) is 12.5. The van der Waals surface area contributed by atoms with Crippen molar-refractivity contribution in [2.75, 3.05) is 7.11 Å². The Morgan fingerprint density at radius 1 is 1.22 bits per heavy atom. The van der Waals surface area contributed by atoms with Crippen LogP contribution in [0.15, 0.2) is 11.8 Å². The summed E-state index contributed by atoms with van der Waals surface area (Å²) >= 11 is 0. The molecule has 1 radical (unpaired) electrons. The molecular weight excluding hydrogens is 537 g/mol. The van der Waals surface area contributed by atoms with Gasteiger partial charge in [0.2, 0.25) is 0 Å². The third-order valence-electron chi connectivity index (χ3n) is 4.46. The minimum Gasteiger partial charge on any atom is -0.515 e. The van der Waals surface area contributed by atoms with Gasteiger partial charge in [-0.05, 0) is 25.7 Å². The molecule has 0 N–H and O–H groups in total. The number of methoxy groups -OCH3 is 1. The van der Waals surface area contributed by atoms with Gasteiger partial charge in [-0.3, -0.25) is 22.5 Å². The molecule has 0 unspecified atom stereocenters. The molecule has 1 aliphatic heterocycles. The van der Waals surface area contributed by atoms with E-state index >= 15 is 0 Å². The molecule has 0 bridgehead atoms. The van der Waals surface area contributed by atoms with Crippen molar-refractivity contribution in [1.82, 2.24) is 0 Å². The molecule has 1 aliphatic carbocycles. The Morgan fingerprint density at radius 2 is 1.87 bits per heavy atom. The van der Waals surface area contributed by atoms with Crippen molar-refractivity contribution < 1.29 is 68.0 Å². The molecule has 23 heavy (non-hydrogen) atoms. The third kappa shape index (κ3) is 3.83. The van der Waals surface area contributed by atoms with Crippen molar-refractivity contribution >= 4 is 11.5 Å². The first kappa shape index (κ1) is 21.1. The topological polar surface area (TPSA) is 35.5 Å². The van der Waals surface area contributed by atoms with Gasteiger partial charge in [-0.2, -0.15) is 0 Å². The average molecular weight is 557 g/mol. The Balaban J connectivity index is 0.00000132. The van der Waals surface area contributed by atoms with E-state index in [0.29, 0.717) is 11.3 Å². The minimum absolute atomic E-state index is 0. The maximum atomic E-state index is 12.5. The molecule has 1 heterocycles. The Morgan fingerprint density at radius 3 is 2.48 bits per heavy atom. The van der Waals surface area contributed by atoms with E-state index in [0.717, 1.165) is 42.4 Å². The summed E-state index contributed by atoms with van der Waals surface area (Å²) in [5, 5.41) is 0. The number of benzene rings is 1. The van der Waals surface area contributed by atoms with Crippen molar-refractivity contribution in [3.05, 3.63) is 40.6 Å². The molecule has 0 amide bonds. The van der Waals surface area contributed by atoms with Crippen LogP contribution in [0.2, 0.25) is 0 Å². The van der Waals surface area contributed by atoms with Crippen molar-refractivity contribution in [3.8, 4) is 0 Å². The van der Waals surface area contributed by atoms with Gasteiger partial charge in [0.1, 0.15) is 0 Å². The quantitative estimate of drug-likeness (QED) is 0.413. The molecule has 0 aromatic heterocycles. The summed E-state index contributed by atoms with van der Waals surface area (Å²) in [5.41, 5.74) is 2.64. The van der Waals surface area contributed by atoms with Crippen LogP contribution in [0.3, 0.4) is 0 Å². The molecule has 5 heteroatoms. The van der Waals surface area contributed by atoms with Gasteiger partial charge in [0.15, 0.2) is 5.60 Å². The predicted octanol–water partition coefficient (Wildman–Crippen LogP) is 3.52. The maximum absolute atomic E-state index is 12.5. The van der Waals surface area contributed by atoms with Crippen LogP contribution >= 0.6 is 0 Å². The Bertz CT molecular complexity index is 619. The molecule has 1 fully saturated rings. The molecule has 1 saturated carbocycles. The average Bonchev–Trinajstić information content (AvgIpc) is 2.73. The van der Waals surface area contributed by atoms with Gasteiger partial charge in [-0.1, -0.05) is 18.9 Å². The number of esters is 1. The van der Waals surface area contributed by atoms with E-state index in [2.05, 4.69) is 12.1 Å². The van der Waals surface area contributed by atoms with E-state index in [9.17, 15) is 4.79 Å². The van der Waals surface area contributed by atoms with Gasteiger partial charge in [-0.15, -0.1) is 6.92 Å². The van der Waals surface area contributed by atoms with Gasteiger partial charge < -0.3 is 9.47 Å². The molecule has 1 aromatic carbocycles. The number of hydrogen-bond acceptors (Lipinski definition) is 3. The van der Waals surface area contributed by atoms with E-state index < -0.39 is 5.60 Å². The largest absolute Gasteiger partial charge is 0.515 e. The predicted molar refractivity (Wildman–Crippen MR) is 79.4 cm³/mol. The molecule has 3 nitrogen and oxygen atoms in total. The van der Waals surface area contributed by atoms with E-state index in [-0.39, 0.29) is 59.7 Å². The van der Waals surface area contributed by atoms with Crippen LogP contribution in [0.5, 0.6) is 0 Å². The summed E-state index contributed by atoms with van der Waals surface area (Å²) in [6.45, 7) is 3.88. The molecule has 121 valence electrons. The zero-order valence-corrected chi connectivity index (χ0v) is 19.6. The van der Waals surface area contributed by atoms with E-state index in [4.69, 9.17) is 9.47 Å². The fourth-order valence-electron chi connectivity index (χ4n) is 3.42. The van der Waals surface area contributed by atoms with Crippen molar-refractivity contribution in [2.45, 2.75) is 51.6 Å². The van der Waals surface area contributed by atoms with E-state index in [1.54, 1.807) is 7.11 Å². The second-order valence-corrected chi connectivity index (χ2v) is 5.95. The van der Waals surface area contributed by atoms with E-state index in [1.165, 1.54) is 6.42 Å². The summed E-state index contributed by atoms with van der Waals surface area (Å²) in [6.07, 6.45) is 5.02. The van der Waals surface area contributed by atoms with Crippen LogP contribution in [-0.2, 0) is 68.0 Å². The Hall–Kier alpha value is 0.0222. The van der Waals surface area contributed by atoms with Gasteiger partial charge in [0.05, 0.1) is 12.9 Å².